The maximum absolute atomic E-state index is 13.4. The summed E-state index contributed by atoms with van der Waals surface area (Å²) in [6.45, 7) is 0.509. The number of aromatic nitrogens is 6. The van der Waals surface area contributed by atoms with Crippen molar-refractivity contribution in [1.29, 1.82) is 0 Å². The molecule has 0 unspecified atom stereocenters. The minimum atomic E-state index is -1.83. The molecule has 0 aliphatic rings. The second kappa shape index (κ2) is 12.6. The molecular weight excluding hydrogens is 567 g/mol. The summed E-state index contributed by atoms with van der Waals surface area (Å²) in [6, 6.07) is 22.3. The third-order valence-corrected chi connectivity index (χ3v) is 6.44. The minimum absolute atomic E-state index is 0.129. The van der Waals surface area contributed by atoms with E-state index >= 15 is 0 Å². The minimum Gasteiger partial charge on any atom is -0.450 e. The molecule has 0 amide bonds. The summed E-state index contributed by atoms with van der Waals surface area (Å²) >= 11 is 18.6. The Morgan fingerprint density at radius 1 is 0.872 bits per heavy atom. The zero-order chi connectivity index (χ0) is 27.9. The Hall–Kier alpha value is -4.12. The summed E-state index contributed by atoms with van der Waals surface area (Å²) in [5, 5.41) is 27.4. The van der Waals surface area contributed by atoms with Gasteiger partial charge in [0.1, 0.15) is 12.4 Å². The van der Waals surface area contributed by atoms with Crippen molar-refractivity contribution < 1.29 is 15.0 Å². The number of carboxylic acid groups (broad SMARTS) is 2. The second-order valence-corrected chi connectivity index (χ2v) is 9.45. The lowest BCUT2D eigenvalue weighted by atomic mass is 10.1. The Morgan fingerprint density at radius 2 is 1.51 bits per heavy atom. The maximum atomic E-state index is 13.4. The summed E-state index contributed by atoms with van der Waals surface area (Å²) in [4.78, 5) is 26.4. The van der Waals surface area contributed by atoms with Gasteiger partial charge in [-0.1, -0.05) is 71.2 Å². The molecule has 0 saturated carbocycles. The van der Waals surface area contributed by atoms with Crippen molar-refractivity contribution in [2.75, 3.05) is 0 Å². The Morgan fingerprint density at radius 3 is 2.15 bits per heavy atom. The highest BCUT2D eigenvalue weighted by Gasteiger charge is 2.18. The highest BCUT2D eigenvalue weighted by atomic mass is 35.5. The molecule has 2 aromatic heterocycles. The van der Waals surface area contributed by atoms with Gasteiger partial charge in [0.15, 0.2) is 11.6 Å². The van der Waals surface area contributed by atoms with Gasteiger partial charge in [0, 0.05) is 27.1 Å². The van der Waals surface area contributed by atoms with Crippen LogP contribution in [0.2, 0.25) is 15.1 Å². The average Bonchev–Trinajstić information content (AvgIpc) is 3.47. The monoisotopic (exact) mass is 586 g/mol. The molecule has 13 heteroatoms. The zero-order valence-electron chi connectivity index (χ0n) is 20.1. The van der Waals surface area contributed by atoms with Gasteiger partial charge in [0.2, 0.25) is 0 Å². The van der Waals surface area contributed by atoms with Gasteiger partial charge in [-0.25, -0.2) is 19.3 Å². The van der Waals surface area contributed by atoms with E-state index in [2.05, 4.69) is 20.3 Å². The van der Waals surface area contributed by atoms with Gasteiger partial charge in [0.05, 0.1) is 6.54 Å². The summed E-state index contributed by atoms with van der Waals surface area (Å²) in [6.07, 6.45) is -1.47. The molecule has 0 aliphatic carbocycles. The lowest BCUT2D eigenvalue weighted by Gasteiger charge is -2.06. The van der Waals surface area contributed by atoms with Gasteiger partial charge in [0.25, 0.3) is 0 Å². The highest BCUT2D eigenvalue weighted by Crippen LogP contribution is 2.26. The fraction of sp³-hybridized carbons (Fsp3) is 0.115. The lowest BCUT2D eigenvalue weighted by Crippen LogP contribution is -2.26. The van der Waals surface area contributed by atoms with Crippen molar-refractivity contribution in [1.82, 2.24) is 29.5 Å². The number of halogens is 3. The number of rotatable bonds is 7. The largest absolute Gasteiger partial charge is 0.503 e. The Bertz CT molecular complexity index is 1610. The van der Waals surface area contributed by atoms with E-state index in [1.807, 2.05) is 42.5 Å². The molecule has 0 fully saturated rings. The molecule has 0 aliphatic heterocycles. The molecule has 200 valence electrons. The van der Waals surface area contributed by atoms with Crippen LogP contribution >= 0.6 is 34.8 Å². The Labute approximate surface area is 237 Å². The van der Waals surface area contributed by atoms with Crippen molar-refractivity contribution in [3.05, 3.63) is 121 Å². The van der Waals surface area contributed by atoms with Crippen LogP contribution in [0.4, 0.5) is 4.79 Å². The van der Waals surface area contributed by atoms with Crippen molar-refractivity contribution >= 4 is 41.0 Å². The van der Waals surface area contributed by atoms with E-state index < -0.39 is 6.16 Å². The first kappa shape index (κ1) is 27.9. The molecule has 3 aromatic carbocycles. The molecule has 5 aromatic rings. The standard InChI is InChI=1S/C25H19Cl3N6O.CH2O3/c26-18-11-9-17(10-12-18)24-32-34(25(35)33(24)14-16-5-2-1-3-6-16)15-23-29-22(30-31-23)13-19-20(27)7-4-8-21(19)28;2-1(3)4/h1-12H,13-15H2,(H,29,30,31);(H2,2,3,4). The van der Waals surface area contributed by atoms with Gasteiger partial charge < -0.3 is 10.2 Å². The predicted octanol–water partition coefficient (Wildman–Crippen LogP) is 5.70. The number of nitrogens with one attached hydrogen (secondary N) is 1. The first-order chi connectivity index (χ1) is 18.7. The SMILES string of the molecule is O=C(O)O.O=c1n(Cc2nc(Cc3c(Cl)cccc3Cl)n[nH]2)nc(-c2ccc(Cl)cc2)n1Cc1ccccc1. The van der Waals surface area contributed by atoms with Crippen LogP contribution < -0.4 is 5.69 Å². The van der Waals surface area contributed by atoms with Crippen molar-refractivity contribution in [2.24, 2.45) is 0 Å². The van der Waals surface area contributed by atoms with Crippen molar-refractivity contribution in [2.45, 2.75) is 19.5 Å². The fourth-order valence-corrected chi connectivity index (χ4v) is 4.41. The van der Waals surface area contributed by atoms with Gasteiger partial charge in [-0.3, -0.25) is 9.67 Å². The van der Waals surface area contributed by atoms with E-state index in [-0.39, 0.29) is 12.2 Å². The summed E-state index contributed by atoms with van der Waals surface area (Å²) in [5.74, 6) is 1.56. The van der Waals surface area contributed by atoms with Crippen molar-refractivity contribution in [3.8, 4) is 11.4 Å². The number of hydrogen-bond acceptors (Lipinski definition) is 5. The lowest BCUT2D eigenvalue weighted by molar-refractivity contribution is 0.137. The molecule has 0 saturated heterocycles. The van der Waals surface area contributed by atoms with E-state index in [0.29, 0.717) is 45.5 Å². The average molecular weight is 588 g/mol. The molecule has 0 bridgehead atoms. The number of nitrogens with zero attached hydrogens (tertiary/aromatic N) is 5. The number of hydrogen-bond donors (Lipinski definition) is 3. The smallest absolute Gasteiger partial charge is 0.450 e. The maximum Gasteiger partial charge on any atom is 0.503 e. The van der Waals surface area contributed by atoms with Crippen LogP contribution in [0.25, 0.3) is 11.4 Å². The van der Waals surface area contributed by atoms with Crippen LogP contribution in [0.15, 0.2) is 77.6 Å². The Balaban J connectivity index is 0.000000826. The highest BCUT2D eigenvalue weighted by molar-refractivity contribution is 6.36. The molecule has 5 rings (SSSR count). The molecule has 10 nitrogen and oxygen atoms in total. The Kier molecular flexibility index (Phi) is 9.03. The number of aromatic amines is 1. The van der Waals surface area contributed by atoms with Gasteiger partial charge in [-0.15, -0.1) is 5.10 Å². The molecular formula is C26H21Cl3N6O4. The normalized spacial score (nSPS) is 10.6. The molecule has 39 heavy (non-hydrogen) atoms. The van der Waals surface area contributed by atoms with E-state index in [9.17, 15) is 4.79 Å². The van der Waals surface area contributed by atoms with E-state index in [1.54, 1.807) is 34.9 Å². The van der Waals surface area contributed by atoms with E-state index in [0.717, 1.165) is 16.7 Å². The van der Waals surface area contributed by atoms with Crippen LogP contribution in [-0.4, -0.2) is 45.9 Å². The molecule has 0 atom stereocenters. The van der Waals surface area contributed by atoms with Crippen molar-refractivity contribution in [3.63, 3.8) is 0 Å². The molecule has 0 spiro atoms. The predicted molar refractivity (Wildman–Crippen MR) is 148 cm³/mol. The van der Waals surface area contributed by atoms with E-state index in [4.69, 9.17) is 49.8 Å². The molecule has 0 radical (unpaired) electrons. The van der Waals surface area contributed by atoms with Gasteiger partial charge in [-0.05, 0) is 47.5 Å². The number of H-pyrrole nitrogens is 1. The van der Waals surface area contributed by atoms with Gasteiger partial charge >= 0.3 is 11.8 Å². The summed E-state index contributed by atoms with van der Waals surface area (Å²) in [7, 11) is 0. The third kappa shape index (κ3) is 7.26. The molecule has 3 N–H and O–H groups in total. The third-order valence-electron chi connectivity index (χ3n) is 5.48. The second-order valence-electron chi connectivity index (χ2n) is 8.20. The van der Waals surface area contributed by atoms with Crippen LogP contribution in [0.3, 0.4) is 0 Å². The van der Waals surface area contributed by atoms with E-state index in [1.165, 1.54) is 4.68 Å². The number of benzene rings is 3. The van der Waals surface area contributed by atoms with Crippen LogP contribution in [0, 0.1) is 0 Å². The first-order valence-corrected chi connectivity index (χ1v) is 12.6. The fourth-order valence-electron chi connectivity index (χ4n) is 3.75. The van der Waals surface area contributed by atoms with Crippen LogP contribution in [0.5, 0.6) is 0 Å². The summed E-state index contributed by atoms with van der Waals surface area (Å²) in [5.41, 5.74) is 2.26. The quantitative estimate of drug-likeness (QED) is 0.222. The first-order valence-electron chi connectivity index (χ1n) is 11.4. The molecule has 2 heterocycles. The van der Waals surface area contributed by atoms with Gasteiger partial charge in [-0.2, -0.15) is 5.10 Å². The van der Waals surface area contributed by atoms with Crippen LogP contribution in [-0.2, 0) is 19.5 Å². The summed E-state index contributed by atoms with van der Waals surface area (Å²) < 4.78 is 3.01. The number of carbonyl (C=O) groups is 1. The topological polar surface area (TPSA) is 139 Å². The van der Waals surface area contributed by atoms with Crippen LogP contribution in [0.1, 0.15) is 22.8 Å². The zero-order valence-corrected chi connectivity index (χ0v) is 22.4.